The second-order valence-corrected chi connectivity index (χ2v) is 3.55. The molecule has 2 heterocycles. The van der Waals surface area contributed by atoms with Crippen LogP contribution in [0, 0.1) is 18.8 Å². The number of nitrogens with two attached hydrogens (primary N) is 1. The highest BCUT2D eigenvalue weighted by atomic mass is 15.2. The first kappa shape index (κ1) is 10.2. The zero-order valence-corrected chi connectivity index (χ0v) is 9.23. The van der Waals surface area contributed by atoms with Crippen molar-refractivity contribution in [1.82, 2.24) is 14.8 Å². The van der Waals surface area contributed by atoms with Crippen molar-refractivity contribution in [2.24, 2.45) is 7.05 Å². The van der Waals surface area contributed by atoms with Gasteiger partial charge in [-0.2, -0.15) is 5.10 Å². The monoisotopic (exact) mass is 212 g/mol. The number of hydrogen-bond donors (Lipinski definition) is 1. The molecular formula is C12H12N4. The van der Waals surface area contributed by atoms with Crippen LogP contribution < -0.4 is 5.73 Å². The molecule has 2 rings (SSSR count). The van der Waals surface area contributed by atoms with Gasteiger partial charge >= 0.3 is 0 Å². The van der Waals surface area contributed by atoms with Gasteiger partial charge in [-0.3, -0.25) is 9.67 Å². The number of pyridine rings is 1. The van der Waals surface area contributed by atoms with Crippen molar-refractivity contribution in [1.29, 1.82) is 0 Å². The normalized spacial score (nSPS) is 9.62. The maximum Gasteiger partial charge on any atom is 0.0646 e. The van der Waals surface area contributed by atoms with Crippen LogP contribution in [0.5, 0.6) is 0 Å². The number of nitrogens with zero attached hydrogens (tertiary/aromatic N) is 3. The molecule has 0 atom stereocenters. The first-order valence-corrected chi connectivity index (χ1v) is 4.88. The lowest BCUT2D eigenvalue weighted by Gasteiger charge is -1.97. The Bertz CT molecular complexity index is 572. The summed E-state index contributed by atoms with van der Waals surface area (Å²) in [6.07, 6.45) is 5.22. The number of hydrogen-bond acceptors (Lipinski definition) is 3. The van der Waals surface area contributed by atoms with Gasteiger partial charge in [0.2, 0.25) is 0 Å². The molecule has 0 aromatic carbocycles. The molecule has 0 amide bonds. The van der Waals surface area contributed by atoms with Gasteiger partial charge in [-0.05, 0) is 13.0 Å². The maximum atomic E-state index is 5.65. The number of rotatable bonds is 0. The van der Waals surface area contributed by atoms with E-state index < -0.39 is 0 Å². The van der Waals surface area contributed by atoms with Gasteiger partial charge in [0.15, 0.2) is 0 Å². The Morgan fingerprint density at radius 1 is 1.31 bits per heavy atom. The quantitative estimate of drug-likeness (QED) is 0.665. The largest absolute Gasteiger partial charge is 0.397 e. The third-order valence-corrected chi connectivity index (χ3v) is 2.15. The summed E-state index contributed by atoms with van der Waals surface area (Å²) >= 11 is 0. The Morgan fingerprint density at radius 2 is 2.12 bits per heavy atom. The highest BCUT2D eigenvalue weighted by Gasteiger charge is 1.96. The van der Waals surface area contributed by atoms with Crippen LogP contribution in [0.15, 0.2) is 24.7 Å². The van der Waals surface area contributed by atoms with Crippen molar-refractivity contribution < 1.29 is 0 Å². The predicted octanol–water partition coefficient (Wildman–Crippen LogP) is 1.11. The van der Waals surface area contributed by atoms with Gasteiger partial charge < -0.3 is 5.73 Å². The van der Waals surface area contributed by atoms with Crippen molar-refractivity contribution in [3.05, 3.63) is 41.5 Å². The average molecular weight is 212 g/mol. The van der Waals surface area contributed by atoms with E-state index in [1.807, 2.05) is 26.2 Å². The number of anilines is 1. The van der Waals surface area contributed by atoms with Crippen LogP contribution in [-0.2, 0) is 7.05 Å². The van der Waals surface area contributed by atoms with E-state index in [1.165, 1.54) is 0 Å². The molecule has 80 valence electrons. The number of aromatic nitrogens is 3. The van der Waals surface area contributed by atoms with Crippen molar-refractivity contribution >= 4 is 5.69 Å². The summed E-state index contributed by atoms with van der Waals surface area (Å²) in [4.78, 5) is 4.15. The molecule has 0 radical (unpaired) electrons. The van der Waals surface area contributed by atoms with E-state index in [1.54, 1.807) is 17.1 Å². The molecule has 0 unspecified atom stereocenters. The maximum absolute atomic E-state index is 5.65. The van der Waals surface area contributed by atoms with E-state index in [4.69, 9.17) is 5.73 Å². The van der Waals surface area contributed by atoms with Crippen molar-refractivity contribution in [2.75, 3.05) is 5.73 Å². The Labute approximate surface area is 94.1 Å². The molecule has 16 heavy (non-hydrogen) atoms. The molecule has 0 saturated heterocycles. The average Bonchev–Trinajstić information content (AvgIpc) is 2.66. The molecule has 0 aliphatic rings. The molecule has 2 N–H and O–H groups in total. The Kier molecular flexibility index (Phi) is 2.61. The minimum atomic E-state index is 0.626. The van der Waals surface area contributed by atoms with Gasteiger partial charge in [-0.25, -0.2) is 0 Å². The first-order valence-electron chi connectivity index (χ1n) is 4.88. The fraction of sp³-hybridized carbons (Fsp3) is 0.167. The van der Waals surface area contributed by atoms with Gasteiger partial charge in [-0.1, -0.05) is 11.8 Å². The van der Waals surface area contributed by atoms with E-state index in [9.17, 15) is 0 Å². The van der Waals surface area contributed by atoms with Gasteiger partial charge in [0.25, 0.3) is 0 Å². The molecule has 0 bridgehead atoms. The van der Waals surface area contributed by atoms with E-state index in [0.29, 0.717) is 5.69 Å². The van der Waals surface area contributed by atoms with Crippen LogP contribution in [0.3, 0.4) is 0 Å². The third-order valence-electron chi connectivity index (χ3n) is 2.15. The smallest absolute Gasteiger partial charge is 0.0646 e. The van der Waals surface area contributed by atoms with Crippen LogP contribution in [0.4, 0.5) is 5.69 Å². The van der Waals surface area contributed by atoms with Crippen molar-refractivity contribution in [2.45, 2.75) is 6.92 Å². The molecular weight excluding hydrogens is 200 g/mol. The van der Waals surface area contributed by atoms with E-state index in [-0.39, 0.29) is 0 Å². The highest BCUT2D eigenvalue weighted by molar-refractivity contribution is 5.49. The summed E-state index contributed by atoms with van der Waals surface area (Å²) in [5.41, 5.74) is 8.89. The molecule has 2 aromatic heterocycles. The number of nitrogen functional groups attached to an aromatic ring is 1. The molecule has 0 aliphatic carbocycles. The lowest BCUT2D eigenvalue weighted by atomic mass is 10.2. The summed E-state index contributed by atoms with van der Waals surface area (Å²) in [6, 6.07) is 1.83. The lowest BCUT2D eigenvalue weighted by molar-refractivity contribution is 0.767. The van der Waals surface area contributed by atoms with Crippen LogP contribution in [0.25, 0.3) is 0 Å². The second kappa shape index (κ2) is 4.07. The fourth-order valence-electron chi connectivity index (χ4n) is 1.30. The number of aryl methyl sites for hydroxylation is 2. The summed E-state index contributed by atoms with van der Waals surface area (Å²) in [5.74, 6) is 6.06. The molecule has 2 aromatic rings. The van der Waals surface area contributed by atoms with E-state index >= 15 is 0 Å². The van der Waals surface area contributed by atoms with Crippen LogP contribution in [0.1, 0.15) is 16.8 Å². The highest BCUT2D eigenvalue weighted by Crippen LogP contribution is 2.08. The topological polar surface area (TPSA) is 56.7 Å². The molecule has 4 nitrogen and oxygen atoms in total. The zero-order valence-electron chi connectivity index (χ0n) is 9.23. The van der Waals surface area contributed by atoms with Crippen LogP contribution >= 0.6 is 0 Å². The Hall–Kier alpha value is -2.28. The Morgan fingerprint density at radius 3 is 2.81 bits per heavy atom. The predicted molar refractivity (Wildman–Crippen MR) is 62.6 cm³/mol. The summed E-state index contributed by atoms with van der Waals surface area (Å²) in [5, 5.41) is 4.04. The van der Waals surface area contributed by atoms with Gasteiger partial charge in [0.05, 0.1) is 29.3 Å². The van der Waals surface area contributed by atoms with Crippen molar-refractivity contribution in [3.63, 3.8) is 0 Å². The van der Waals surface area contributed by atoms with E-state index in [0.717, 1.165) is 16.8 Å². The summed E-state index contributed by atoms with van der Waals surface area (Å²) in [6.45, 7) is 1.91. The molecule has 4 heteroatoms. The SMILES string of the molecule is Cc1ncc(N)cc1C#Cc1cnn(C)c1. The Balaban J connectivity index is 2.33. The van der Waals surface area contributed by atoms with Gasteiger partial charge in [-0.15, -0.1) is 0 Å². The summed E-state index contributed by atoms with van der Waals surface area (Å²) in [7, 11) is 1.86. The minimum absolute atomic E-state index is 0.626. The third kappa shape index (κ3) is 2.20. The zero-order chi connectivity index (χ0) is 11.5. The van der Waals surface area contributed by atoms with Crippen LogP contribution in [0.2, 0.25) is 0 Å². The molecule has 0 aliphatic heterocycles. The van der Waals surface area contributed by atoms with Gasteiger partial charge in [0, 0.05) is 18.8 Å². The van der Waals surface area contributed by atoms with Crippen molar-refractivity contribution in [3.8, 4) is 11.8 Å². The van der Waals surface area contributed by atoms with Gasteiger partial charge in [0.1, 0.15) is 0 Å². The summed E-state index contributed by atoms with van der Waals surface area (Å²) < 4.78 is 1.72. The molecule has 0 saturated carbocycles. The second-order valence-electron chi connectivity index (χ2n) is 3.55. The lowest BCUT2D eigenvalue weighted by Crippen LogP contribution is -1.92. The first-order chi connectivity index (χ1) is 7.65. The fourth-order valence-corrected chi connectivity index (χ4v) is 1.30. The minimum Gasteiger partial charge on any atom is -0.397 e. The van der Waals surface area contributed by atoms with E-state index in [2.05, 4.69) is 21.9 Å². The standard InChI is InChI=1S/C12H12N4/c1-9-11(5-12(13)7-14-9)4-3-10-6-15-16(2)8-10/h5-8H,13H2,1-2H3. The molecule has 0 fully saturated rings. The van der Waals surface area contributed by atoms with Crippen LogP contribution in [-0.4, -0.2) is 14.8 Å². The molecule has 0 spiro atoms.